The van der Waals surface area contributed by atoms with E-state index in [1.807, 2.05) is 54.6 Å². The maximum absolute atomic E-state index is 13.5. The van der Waals surface area contributed by atoms with Crippen LogP contribution in [-0.4, -0.2) is 30.5 Å². The second-order valence-electron chi connectivity index (χ2n) is 10.6. The standard InChI is InChI=1S/C38H30N2O4S/c1-44-31-17-14-25(15-18-31)20-35(40-37(42)26-8-3-2-4-9-26)38(43)39-30-11-7-12-32(23-30)45-24-36(41)28-16-19-34-29(22-28)21-27-10-5-6-13-33(27)34/h2-20,22-23H,21,24H2,1H3,(H,39,43)(H,40,42)/b35-20-. The van der Waals surface area contributed by atoms with Gasteiger partial charge in [0.05, 0.1) is 12.9 Å². The molecular weight excluding hydrogens is 580 g/mol. The Morgan fingerprint density at radius 2 is 1.51 bits per heavy atom. The Bertz CT molecular complexity index is 1920. The number of nitrogens with one attached hydrogen (secondary N) is 2. The van der Waals surface area contributed by atoms with Crippen LogP contribution in [0.1, 0.15) is 37.4 Å². The lowest BCUT2D eigenvalue weighted by atomic mass is 10.0. The number of hydrogen-bond donors (Lipinski definition) is 2. The normalized spacial score (nSPS) is 11.7. The van der Waals surface area contributed by atoms with Crippen molar-refractivity contribution in [2.24, 2.45) is 0 Å². The van der Waals surface area contributed by atoms with Crippen molar-refractivity contribution in [3.8, 4) is 16.9 Å². The van der Waals surface area contributed by atoms with Crippen LogP contribution in [0.3, 0.4) is 0 Å². The smallest absolute Gasteiger partial charge is 0.272 e. The first-order valence-electron chi connectivity index (χ1n) is 14.5. The summed E-state index contributed by atoms with van der Waals surface area (Å²) in [6.45, 7) is 0. The van der Waals surface area contributed by atoms with Gasteiger partial charge in [-0.25, -0.2) is 0 Å². The first kappa shape index (κ1) is 29.7. The van der Waals surface area contributed by atoms with Crippen LogP contribution in [0, 0.1) is 0 Å². The summed E-state index contributed by atoms with van der Waals surface area (Å²) in [6, 6.07) is 37.5. The van der Waals surface area contributed by atoms with Gasteiger partial charge in [0.25, 0.3) is 11.8 Å². The molecule has 6 rings (SSSR count). The van der Waals surface area contributed by atoms with Crippen LogP contribution in [-0.2, 0) is 11.2 Å². The van der Waals surface area contributed by atoms with Gasteiger partial charge in [-0.15, -0.1) is 11.8 Å². The highest BCUT2D eigenvalue weighted by atomic mass is 32.2. The van der Waals surface area contributed by atoms with Crippen LogP contribution in [0.15, 0.2) is 132 Å². The molecule has 0 spiro atoms. The zero-order chi connectivity index (χ0) is 31.2. The van der Waals surface area contributed by atoms with Crippen LogP contribution in [0.5, 0.6) is 5.75 Å². The summed E-state index contributed by atoms with van der Waals surface area (Å²) in [7, 11) is 1.58. The number of anilines is 1. The third kappa shape index (κ3) is 7.06. The SMILES string of the molecule is COc1ccc(/C=C(\NC(=O)c2ccccc2)C(=O)Nc2cccc(SCC(=O)c3ccc4c(c3)Cc3ccccc3-4)c2)cc1. The lowest BCUT2D eigenvalue weighted by molar-refractivity contribution is -0.113. The van der Waals surface area contributed by atoms with Gasteiger partial charge in [-0.2, -0.15) is 0 Å². The molecule has 2 N–H and O–H groups in total. The summed E-state index contributed by atoms with van der Waals surface area (Å²) in [4.78, 5) is 40.4. The zero-order valence-electron chi connectivity index (χ0n) is 24.6. The molecule has 0 aromatic heterocycles. The molecule has 0 aliphatic heterocycles. The Morgan fingerprint density at radius 3 is 2.31 bits per heavy atom. The van der Waals surface area contributed by atoms with Crippen LogP contribution in [0.25, 0.3) is 17.2 Å². The minimum atomic E-state index is -0.479. The molecule has 45 heavy (non-hydrogen) atoms. The van der Waals surface area contributed by atoms with E-state index in [0.717, 1.165) is 11.3 Å². The lowest BCUT2D eigenvalue weighted by Crippen LogP contribution is -2.30. The van der Waals surface area contributed by atoms with E-state index in [0.29, 0.717) is 28.1 Å². The first-order chi connectivity index (χ1) is 22.0. The fraction of sp³-hybridized carbons (Fsp3) is 0.0789. The van der Waals surface area contributed by atoms with Crippen LogP contribution in [0.2, 0.25) is 0 Å². The summed E-state index contributed by atoms with van der Waals surface area (Å²) in [5.41, 5.74) is 7.36. The largest absolute Gasteiger partial charge is 0.497 e. The average Bonchev–Trinajstić information content (AvgIpc) is 3.45. The van der Waals surface area contributed by atoms with Gasteiger partial charge in [-0.05, 0) is 88.8 Å². The third-order valence-corrected chi connectivity index (χ3v) is 8.53. The van der Waals surface area contributed by atoms with Crippen LogP contribution < -0.4 is 15.4 Å². The topological polar surface area (TPSA) is 84.5 Å². The van der Waals surface area contributed by atoms with Crippen molar-refractivity contribution in [3.63, 3.8) is 0 Å². The predicted molar refractivity (Wildman–Crippen MR) is 180 cm³/mol. The minimum absolute atomic E-state index is 0.0431. The summed E-state index contributed by atoms with van der Waals surface area (Å²) in [5.74, 6) is 0.109. The van der Waals surface area contributed by atoms with Gasteiger partial charge in [0.2, 0.25) is 0 Å². The minimum Gasteiger partial charge on any atom is -0.497 e. The first-order valence-corrected chi connectivity index (χ1v) is 15.5. The molecule has 0 heterocycles. The van der Waals surface area contributed by atoms with Crippen molar-refractivity contribution < 1.29 is 19.1 Å². The number of amides is 2. The number of fused-ring (bicyclic) bond motifs is 3. The Morgan fingerprint density at radius 1 is 0.756 bits per heavy atom. The molecule has 5 aromatic rings. The second kappa shape index (κ2) is 13.5. The third-order valence-electron chi connectivity index (χ3n) is 7.53. The molecule has 6 nitrogen and oxygen atoms in total. The molecule has 5 aromatic carbocycles. The van der Waals surface area contributed by atoms with E-state index in [2.05, 4.69) is 22.8 Å². The molecule has 2 amide bonds. The Labute approximate surface area is 266 Å². The molecule has 1 aliphatic carbocycles. The quantitative estimate of drug-likeness (QED) is 0.0946. The fourth-order valence-electron chi connectivity index (χ4n) is 5.22. The average molecular weight is 611 g/mol. The number of carbonyl (C=O) groups excluding carboxylic acids is 3. The van der Waals surface area contributed by atoms with Crippen molar-refractivity contribution in [1.82, 2.24) is 5.32 Å². The maximum atomic E-state index is 13.5. The number of Topliss-reactive ketones (excluding diaryl/α,β-unsaturated/α-hetero) is 1. The Hall–Kier alpha value is -5.40. The van der Waals surface area contributed by atoms with E-state index in [1.165, 1.54) is 34.0 Å². The highest BCUT2D eigenvalue weighted by molar-refractivity contribution is 8.00. The number of benzene rings is 5. The van der Waals surface area contributed by atoms with Gasteiger partial charge in [0.1, 0.15) is 11.4 Å². The zero-order valence-corrected chi connectivity index (χ0v) is 25.4. The highest BCUT2D eigenvalue weighted by Gasteiger charge is 2.20. The van der Waals surface area contributed by atoms with Crippen LogP contribution >= 0.6 is 11.8 Å². The van der Waals surface area contributed by atoms with Crippen molar-refractivity contribution >= 4 is 41.1 Å². The van der Waals surface area contributed by atoms with Crippen LogP contribution in [0.4, 0.5) is 5.69 Å². The number of rotatable bonds is 10. The van der Waals surface area contributed by atoms with E-state index in [-0.39, 0.29) is 17.2 Å². The molecule has 0 fully saturated rings. The van der Waals surface area contributed by atoms with E-state index < -0.39 is 11.8 Å². The van der Waals surface area contributed by atoms with Gasteiger partial charge in [-0.1, -0.05) is 72.8 Å². The highest BCUT2D eigenvalue weighted by Crippen LogP contribution is 2.37. The van der Waals surface area contributed by atoms with Gasteiger partial charge >= 0.3 is 0 Å². The summed E-state index contributed by atoms with van der Waals surface area (Å²) >= 11 is 1.41. The summed E-state index contributed by atoms with van der Waals surface area (Å²) in [6.07, 6.45) is 2.45. The van der Waals surface area contributed by atoms with Gasteiger partial charge < -0.3 is 15.4 Å². The van der Waals surface area contributed by atoms with Crippen molar-refractivity contribution in [3.05, 3.63) is 155 Å². The van der Waals surface area contributed by atoms with Crippen molar-refractivity contribution in [2.75, 3.05) is 18.2 Å². The molecule has 222 valence electrons. The summed E-state index contributed by atoms with van der Waals surface area (Å²) < 4.78 is 5.23. The van der Waals surface area contributed by atoms with Crippen molar-refractivity contribution in [2.45, 2.75) is 11.3 Å². The number of thioether (sulfide) groups is 1. The fourth-order valence-corrected chi connectivity index (χ4v) is 6.07. The van der Waals surface area contributed by atoms with Gasteiger partial charge in [0, 0.05) is 21.7 Å². The summed E-state index contributed by atoms with van der Waals surface area (Å²) in [5, 5.41) is 5.65. The number of ether oxygens (including phenoxy) is 1. The maximum Gasteiger partial charge on any atom is 0.272 e. The van der Waals surface area contributed by atoms with E-state index in [9.17, 15) is 14.4 Å². The van der Waals surface area contributed by atoms with E-state index in [4.69, 9.17) is 4.74 Å². The van der Waals surface area contributed by atoms with Gasteiger partial charge in [-0.3, -0.25) is 14.4 Å². The number of carbonyl (C=O) groups is 3. The monoisotopic (exact) mass is 610 g/mol. The molecular formula is C38H30N2O4S. The molecule has 0 atom stereocenters. The molecule has 0 bridgehead atoms. The predicted octanol–water partition coefficient (Wildman–Crippen LogP) is 7.65. The Balaban J connectivity index is 1.14. The molecule has 0 saturated heterocycles. The molecule has 0 unspecified atom stereocenters. The van der Waals surface area contributed by atoms with Crippen molar-refractivity contribution in [1.29, 1.82) is 0 Å². The molecule has 1 aliphatic rings. The molecule has 0 saturated carbocycles. The molecule has 0 radical (unpaired) electrons. The number of ketones is 1. The lowest BCUT2D eigenvalue weighted by Gasteiger charge is -2.12. The Kier molecular flexibility index (Phi) is 8.89. The number of methoxy groups -OCH3 is 1. The van der Waals surface area contributed by atoms with E-state index >= 15 is 0 Å². The van der Waals surface area contributed by atoms with E-state index in [1.54, 1.807) is 67.8 Å². The second-order valence-corrected chi connectivity index (χ2v) is 11.6. The van der Waals surface area contributed by atoms with Gasteiger partial charge in [0.15, 0.2) is 5.78 Å². The number of hydrogen-bond acceptors (Lipinski definition) is 5. The molecule has 7 heteroatoms.